The molecule has 2 aromatic carbocycles. The summed E-state index contributed by atoms with van der Waals surface area (Å²) in [5.74, 6) is 1.55. The van der Waals surface area contributed by atoms with Crippen LogP contribution < -0.4 is 14.4 Å². The van der Waals surface area contributed by atoms with Gasteiger partial charge in [-0.1, -0.05) is 24.6 Å². The van der Waals surface area contributed by atoms with Crippen molar-refractivity contribution in [1.82, 2.24) is 4.90 Å². The van der Waals surface area contributed by atoms with E-state index in [1.807, 2.05) is 42.5 Å². The highest BCUT2D eigenvalue weighted by Crippen LogP contribution is 2.45. The Morgan fingerprint density at radius 3 is 2.46 bits per heavy atom. The number of piperidine rings is 2. The van der Waals surface area contributed by atoms with Gasteiger partial charge in [0.25, 0.3) is 0 Å². The van der Waals surface area contributed by atoms with E-state index >= 15 is 0 Å². The van der Waals surface area contributed by atoms with Gasteiger partial charge < -0.3 is 19.5 Å². The Morgan fingerprint density at radius 2 is 1.78 bits per heavy atom. The Labute approximate surface area is 240 Å². The second-order valence-corrected chi connectivity index (χ2v) is 11.9. The van der Waals surface area contributed by atoms with Crippen molar-refractivity contribution >= 4 is 11.7 Å². The Balaban J connectivity index is 1.20. The van der Waals surface area contributed by atoms with E-state index in [0.717, 1.165) is 67.8 Å². The van der Waals surface area contributed by atoms with Crippen LogP contribution in [0.25, 0.3) is 0 Å². The number of hydrogen-bond donors (Lipinski definition) is 1. The second-order valence-electron chi connectivity index (χ2n) is 11.9. The largest absolute Gasteiger partial charge is 0.497 e. The van der Waals surface area contributed by atoms with Crippen molar-refractivity contribution in [1.29, 1.82) is 0 Å². The molecule has 1 N–H and O–H groups in total. The minimum absolute atomic E-state index is 0.0349. The van der Waals surface area contributed by atoms with Gasteiger partial charge in [-0.25, -0.2) is 0 Å². The number of anilines is 1. The predicted molar refractivity (Wildman–Crippen MR) is 152 cm³/mol. The van der Waals surface area contributed by atoms with Crippen molar-refractivity contribution in [3.63, 3.8) is 0 Å². The molecule has 0 radical (unpaired) electrons. The van der Waals surface area contributed by atoms with E-state index in [4.69, 9.17) is 9.47 Å². The molecule has 41 heavy (non-hydrogen) atoms. The van der Waals surface area contributed by atoms with Crippen LogP contribution in [0.3, 0.4) is 0 Å². The SMILES string of the molecule is COc1ccc(CN2CCCCC2C(F)(F)F)c(N2CCC(COc3cccc(C(CC(=O)O)C4CC4)c3)CC2)c1. The molecule has 0 amide bonds. The number of benzene rings is 2. The van der Waals surface area contributed by atoms with Gasteiger partial charge >= 0.3 is 12.1 Å². The van der Waals surface area contributed by atoms with Gasteiger partial charge in [-0.05, 0) is 92.1 Å². The number of carboxylic acid groups (broad SMARTS) is 1. The van der Waals surface area contributed by atoms with E-state index in [0.29, 0.717) is 37.2 Å². The van der Waals surface area contributed by atoms with Gasteiger partial charge in [-0.3, -0.25) is 9.69 Å². The van der Waals surface area contributed by atoms with E-state index < -0.39 is 18.2 Å². The summed E-state index contributed by atoms with van der Waals surface area (Å²) in [6.45, 7) is 2.88. The summed E-state index contributed by atoms with van der Waals surface area (Å²) in [5.41, 5.74) is 2.89. The molecule has 1 saturated carbocycles. The minimum atomic E-state index is -4.22. The van der Waals surface area contributed by atoms with Gasteiger partial charge in [0.05, 0.1) is 20.1 Å². The van der Waals surface area contributed by atoms with Gasteiger partial charge in [0, 0.05) is 31.4 Å². The number of alkyl halides is 3. The standard InChI is InChI=1S/C32H41F3N2O4/c1-40-26-11-10-25(20-37-14-3-2-7-30(37)32(33,34)35)29(18-26)36-15-12-22(13-16-36)21-41-27-6-4-5-24(17-27)28(19-31(38)39)23-8-9-23/h4-6,10-11,17-18,22-23,28,30H,2-3,7-9,12-16,19-21H2,1H3,(H,38,39). The molecule has 5 rings (SSSR count). The van der Waals surface area contributed by atoms with E-state index in [-0.39, 0.29) is 25.3 Å². The van der Waals surface area contributed by atoms with Crippen molar-refractivity contribution in [3.05, 3.63) is 53.6 Å². The fraction of sp³-hybridized carbons (Fsp3) is 0.594. The topological polar surface area (TPSA) is 62.2 Å². The van der Waals surface area contributed by atoms with Crippen molar-refractivity contribution in [2.75, 3.05) is 38.3 Å². The summed E-state index contributed by atoms with van der Waals surface area (Å²) < 4.78 is 52.9. The lowest BCUT2D eigenvalue weighted by atomic mass is 9.91. The molecule has 9 heteroatoms. The van der Waals surface area contributed by atoms with Gasteiger partial charge in [0.15, 0.2) is 0 Å². The summed E-state index contributed by atoms with van der Waals surface area (Å²) in [6.07, 6.45) is 1.46. The molecule has 2 unspecified atom stereocenters. The minimum Gasteiger partial charge on any atom is -0.497 e. The quantitative estimate of drug-likeness (QED) is 0.316. The maximum absolute atomic E-state index is 13.7. The first-order valence-electron chi connectivity index (χ1n) is 14.9. The van der Waals surface area contributed by atoms with Gasteiger partial charge in [0.2, 0.25) is 0 Å². The van der Waals surface area contributed by atoms with Gasteiger partial charge in [-0.2, -0.15) is 13.2 Å². The number of nitrogens with zero attached hydrogens (tertiary/aromatic N) is 2. The first kappa shape index (κ1) is 29.5. The van der Waals surface area contributed by atoms with Crippen LogP contribution in [-0.4, -0.2) is 61.5 Å². The number of likely N-dealkylation sites (tertiary alicyclic amines) is 1. The lowest BCUT2D eigenvalue weighted by Crippen LogP contribution is -2.48. The number of methoxy groups -OCH3 is 1. The maximum atomic E-state index is 13.7. The molecular weight excluding hydrogens is 533 g/mol. The zero-order chi connectivity index (χ0) is 29.0. The van der Waals surface area contributed by atoms with Crippen molar-refractivity contribution in [2.45, 2.75) is 76.0 Å². The molecule has 0 spiro atoms. The number of hydrogen-bond acceptors (Lipinski definition) is 5. The molecular formula is C32H41F3N2O4. The van der Waals surface area contributed by atoms with Gasteiger partial charge in [0.1, 0.15) is 17.5 Å². The zero-order valence-corrected chi connectivity index (χ0v) is 23.7. The van der Waals surface area contributed by atoms with Crippen LogP contribution in [-0.2, 0) is 11.3 Å². The average Bonchev–Trinajstić information content (AvgIpc) is 3.81. The lowest BCUT2D eigenvalue weighted by Gasteiger charge is -2.39. The normalized spacial score (nSPS) is 21.5. The summed E-state index contributed by atoms with van der Waals surface area (Å²) in [7, 11) is 1.61. The summed E-state index contributed by atoms with van der Waals surface area (Å²) in [5, 5.41) is 9.35. The zero-order valence-electron chi connectivity index (χ0n) is 23.7. The van der Waals surface area contributed by atoms with Crippen molar-refractivity contribution < 1.29 is 32.5 Å². The molecule has 2 atom stereocenters. The lowest BCUT2D eigenvalue weighted by molar-refractivity contribution is -0.192. The molecule has 6 nitrogen and oxygen atoms in total. The Kier molecular flexibility index (Phi) is 9.32. The van der Waals surface area contributed by atoms with E-state index in [2.05, 4.69) is 4.90 Å². The number of carbonyl (C=O) groups is 1. The summed E-state index contributed by atoms with van der Waals surface area (Å²) in [4.78, 5) is 15.2. The molecule has 2 aliphatic heterocycles. The van der Waals surface area contributed by atoms with E-state index in [9.17, 15) is 23.1 Å². The Bertz CT molecular complexity index is 1180. The van der Waals surface area contributed by atoms with Crippen LogP contribution in [0.5, 0.6) is 11.5 Å². The van der Waals surface area contributed by atoms with Crippen LogP contribution in [0.1, 0.15) is 68.4 Å². The first-order chi connectivity index (χ1) is 19.7. The molecule has 0 bridgehead atoms. The van der Waals surface area contributed by atoms with Gasteiger partial charge in [-0.15, -0.1) is 0 Å². The van der Waals surface area contributed by atoms with Crippen LogP contribution >= 0.6 is 0 Å². The Morgan fingerprint density at radius 1 is 1.00 bits per heavy atom. The molecule has 2 aromatic rings. The fourth-order valence-corrected chi connectivity index (χ4v) is 6.50. The molecule has 2 saturated heterocycles. The molecule has 3 aliphatic rings. The molecule has 2 heterocycles. The smallest absolute Gasteiger partial charge is 0.404 e. The van der Waals surface area contributed by atoms with Crippen molar-refractivity contribution in [3.8, 4) is 11.5 Å². The fourth-order valence-electron chi connectivity index (χ4n) is 6.50. The molecule has 0 aromatic heterocycles. The van der Waals surface area contributed by atoms with Crippen LogP contribution in [0, 0.1) is 11.8 Å². The molecule has 3 fully saturated rings. The number of rotatable bonds is 11. The third-order valence-electron chi connectivity index (χ3n) is 8.97. The average molecular weight is 575 g/mol. The Hall–Kier alpha value is -2.94. The van der Waals surface area contributed by atoms with Crippen LogP contribution in [0.15, 0.2) is 42.5 Å². The third-order valence-corrected chi connectivity index (χ3v) is 8.97. The number of ether oxygens (including phenoxy) is 2. The molecule has 224 valence electrons. The van der Waals surface area contributed by atoms with Crippen molar-refractivity contribution in [2.24, 2.45) is 11.8 Å². The highest BCUT2D eigenvalue weighted by Gasteiger charge is 2.44. The monoisotopic (exact) mass is 574 g/mol. The first-order valence-corrected chi connectivity index (χ1v) is 14.9. The number of halogens is 3. The van der Waals surface area contributed by atoms with Crippen LogP contribution in [0.2, 0.25) is 0 Å². The van der Waals surface area contributed by atoms with E-state index in [1.54, 1.807) is 12.0 Å². The van der Waals surface area contributed by atoms with E-state index in [1.165, 1.54) is 0 Å². The van der Waals surface area contributed by atoms with Crippen LogP contribution in [0.4, 0.5) is 18.9 Å². The maximum Gasteiger partial charge on any atom is 0.404 e. The number of carboxylic acids is 1. The summed E-state index contributed by atoms with van der Waals surface area (Å²) >= 11 is 0. The number of aliphatic carboxylic acids is 1. The third kappa shape index (κ3) is 7.67. The predicted octanol–water partition coefficient (Wildman–Crippen LogP) is 6.88. The highest BCUT2D eigenvalue weighted by atomic mass is 19.4. The molecule has 1 aliphatic carbocycles. The summed E-state index contributed by atoms with van der Waals surface area (Å²) in [6, 6.07) is 12.2. The highest BCUT2D eigenvalue weighted by molar-refractivity contribution is 5.68. The second kappa shape index (κ2) is 12.9.